The highest BCUT2D eigenvalue weighted by molar-refractivity contribution is 5.83. The van der Waals surface area contributed by atoms with Crippen molar-refractivity contribution in [1.82, 2.24) is 20.9 Å². The molecule has 2 aliphatic heterocycles. The average molecular weight is 469 g/mol. The number of carboxylic acids is 1. The van der Waals surface area contributed by atoms with Crippen molar-refractivity contribution < 1.29 is 29.0 Å². The smallest absolute Gasteiger partial charge is 0.407 e. The summed E-state index contributed by atoms with van der Waals surface area (Å²) >= 11 is 0. The van der Waals surface area contributed by atoms with Crippen molar-refractivity contribution in [3.8, 4) is 0 Å². The summed E-state index contributed by atoms with van der Waals surface area (Å²) < 4.78 is 4.99. The van der Waals surface area contributed by atoms with E-state index in [9.17, 15) is 24.3 Å². The molecule has 2 aliphatic rings. The highest BCUT2D eigenvalue weighted by Gasteiger charge is 2.30. The zero-order chi connectivity index (χ0) is 24.2. The Morgan fingerprint density at radius 2 is 1.88 bits per heavy atom. The molecule has 0 radical (unpaired) electrons. The second-order valence-corrected chi connectivity index (χ2v) is 9.51. The molecule has 2 rings (SSSR count). The molecule has 2 atom stereocenters. The highest BCUT2D eigenvalue weighted by atomic mass is 16.5. The summed E-state index contributed by atoms with van der Waals surface area (Å²) in [5, 5.41) is 17.6. The van der Waals surface area contributed by atoms with Gasteiger partial charge in [-0.3, -0.25) is 9.59 Å². The van der Waals surface area contributed by atoms with Crippen molar-refractivity contribution in [3.63, 3.8) is 0 Å². The largest absolute Gasteiger partial charge is 0.480 e. The van der Waals surface area contributed by atoms with E-state index >= 15 is 0 Å². The Kier molecular flexibility index (Phi) is 11.4. The second-order valence-electron chi connectivity index (χ2n) is 9.51. The Bertz CT molecular complexity index is 665. The van der Waals surface area contributed by atoms with E-state index in [2.05, 4.69) is 16.0 Å². The first-order valence-electron chi connectivity index (χ1n) is 12.2. The lowest BCUT2D eigenvalue weighted by Crippen LogP contribution is -2.51. The molecule has 0 aliphatic carbocycles. The van der Waals surface area contributed by atoms with Crippen molar-refractivity contribution >= 4 is 23.9 Å². The van der Waals surface area contributed by atoms with Gasteiger partial charge in [0.25, 0.3) is 0 Å². The molecule has 4 N–H and O–H groups in total. The van der Waals surface area contributed by atoms with E-state index < -0.39 is 18.1 Å². The minimum Gasteiger partial charge on any atom is -0.480 e. The first-order valence-corrected chi connectivity index (χ1v) is 12.2. The van der Waals surface area contributed by atoms with Crippen LogP contribution in [0.1, 0.15) is 58.8 Å². The zero-order valence-corrected chi connectivity index (χ0v) is 19.9. The zero-order valence-electron chi connectivity index (χ0n) is 19.9. The molecule has 0 saturated carbocycles. The first-order chi connectivity index (χ1) is 15.8. The Hall–Kier alpha value is -2.36. The van der Waals surface area contributed by atoms with E-state index in [1.54, 1.807) is 4.90 Å². The first kappa shape index (κ1) is 26.9. The van der Waals surface area contributed by atoms with Crippen LogP contribution in [0.2, 0.25) is 0 Å². The van der Waals surface area contributed by atoms with Gasteiger partial charge < -0.3 is 30.7 Å². The molecule has 0 aromatic rings. The second kappa shape index (κ2) is 14.0. The minimum atomic E-state index is -1.29. The van der Waals surface area contributed by atoms with E-state index in [1.807, 2.05) is 13.8 Å². The van der Waals surface area contributed by atoms with Gasteiger partial charge in [0.15, 0.2) is 0 Å². The molecule has 0 bridgehead atoms. The predicted octanol–water partition coefficient (Wildman–Crippen LogP) is 1.35. The van der Waals surface area contributed by atoms with Gasteiger partial charge in [0.2, 0.25) is 11.8 Å². The number of aliphatic carboxylic acids is 1. The maximum absolute atomic E-state index is 12.7. The number of carboxylic acid groups (broad SMARTS) is 1. The maximum atomic E-state index is 12.7. The van der Waals surface area contributed by atoms with Gasteiger partial charge in [-0.25, -0.2) is 9.59 Å². The molecular formula is C23H40N4O6. The maximum Gasteiger partial charge on any atom is 0.407 e. The number of nitrogens with one attached hydrogen (secondary N) is 3. The van der Waals surface area contributed by atoms with Gasteiger partial charge in [-0.1, -0.05) is 13.8 Å². The molecule has 0 aromatic heterocycles. The number of alkyl carbamates (subject to hydrolysis) is 1. The number of nitrogens with zero attached hydrogens (tertiary/aromatic N) is 1. The Morgan fingerprint density at radius 3 is 2.55 bits per heavy atom. The van der Waals surface area contributed by atoms with Crippen LogP contribution in [0.3, 0.4) is 0 Å². The summed E-state index contributed by atoms with van der Waals surface area (Å²) in [5.41, 5.74) is 0. The fourth-order valence-corrected chi connectivity index (χ4v) is 4.19. The van der Waals surface area contributed by atoms with Crippen LogP contribution in [0.4, 0.5) is 4.79 Å². The number of hydrogen-bond donors (Lipinski definition) is 4. The number of carbonyl (C=O) groups excluding carboxylic acids is 3. The van der Waals surface area contributed by atoms with Gasteiger partial charge in [-0.05, 0) is 63.5 Å². The van der Waals surface area contributed by atoms with E-state index in [0.717, 1.165) is 38.8 Å². The number of likely N-dealkylation sites (tertiary alicyclic amines) is 1. The van der Waals surface area contributed by atoms with Crippen LogP contribution in [0.15, 0.2) is 0 Å². The van der Waals surface area contributed by atoms with Gasteiger partial charge in [0.1, 0.15) is 6.04 Å². The molecule has 188 valence electrons. The summed E-state index contributed by atoms with van der Waals surface area (Å²) in [6.07, 6.45) is 4.82. The van der Waals surface area contributed by atoms with Crippen molar-refractivity contribution in [2.75, 3.05) is 39.3 Å². The van der Waals surface area contributed by atoms with Crippen LogP contribution in [0.5, 0.6) is 0 Å². The molecular weight excluding hydrogens is 428 g/mol. The van der Waals surface area contributed by atoms with Crippen LogP contribution in [-0.2, 0) is 19.1 Å². The number of hydrogen-bond acceptors (Lipinski definition) is 6. The molecule has 0 unspecified atom stereocenters. The van der Waals surface area contributed by atoms with E-state index in [-0.39, 0.29) is 30.9 Å². The number of rotatable bonds is 11. The van der Waals surface area contributed by atoms with Gasteiger partial charge >= 0.3 is 12.1 Å². The summed E-state index contributed by atoms with van der Waals surface area (Å²) in [5.74, 6) is -0.911. The molecule has 3 amide bonds. The van der Waals surface area contributed by atoms with Gasteiger partial charge in [0.05, 0.1) is 12.5 Å². The third-order valence-electron chi connectivity index (χ3n) is 6.37. The molecule has 0 aromatic carbocycles. The quantitative estimate of drug-likeness (QED) is 0.359. The fourth-order valence-electron chi connectivity index (χ4n) is 4.19. The molecule has 2 saturated heterocycles. The van der Waals surface area contributed by atoms with Crippen molar-refractivity contribution in [2.45, 2.75) is 64.8 Å². The van der Waals surface area contributed by atoms with Gasteiger partial charge in [-0.15, -0.1) is 0 Å². The molecule has 2 heterocycles. The molecule has 2 fully saturated rings. The van der Waals surface area contributed by atoms with E-state index in [1.165, 1.54) is 0 Å². The van der Waals surface area contributed by atoms with Crippen molar-refractivity contribution in [3.05, 3.63) is 0 Å². The Balaban J connectivity index is 1.74. The third-order valence-corrected chi connectivity index (χ3v) is 6.37. The summed E-state index contributed by atoms with van der Waals surface area (Å²) in [6.45, 7) is 6.95. The molecule has 33 heavy (non-hydrogen) atoms. The van der Waals surface area contributed by atoms with Crippen molar-refractivity contribution in [2.24, 2.45) is 17.8 Å². The number of ether oxygens (including phenoxy) is 1. The van der Waals surface area contributed by atoms with Crippen LogP contribution in [0, 0.1) is 17.8 Å². The lowest BCUT2D eigenvalue weighted by Gasteiger charge is -2.33. The van der Waals surface area contributed by atoms with Crippen LogP contribution < -0.4 is 16.0 Å². The number of piperidine rings is 2. The van der Waals surface area contributed by atoms with E-state index in [0.29, 0.717) is 44.2 Å². The SMILES string of the molecule is CC(C)CCOC(=O)N[C@H](CNC(=O)[C@@H]1CCCN(C(=O)CCC2CCNCC2)C1)C(=O)O. The van der Waals surface area contributed by atoms with Crippen molar-refractivity contribution in [1.29, 1.82) is 0 Å². The average Bonchev–Trinajstić information content (AvgIpc) is 2.80. The minimum absolute atomic E-state index is 0.0836. The molecule has 10 nitrogen and oxygen atoms in total. The normalized spacial score (nSPS) is 20.2. The van der Waals surface area contributed by atoms with Crippen LogP contribution in [0.25, 0.3) is 0 Å². The topological polar surface area (TPSA) is 137 Å². The fraction of sp³-hybridized carbons (Fsp3) is 0.826. The third kappa shape index (κ3) is 9.98. The number of amides is 3. The summed E-state index contributed by atoms with van der Waals surface area (Å²) in [7, 11) is 0. The van der Waals surface area contributed by atoms with Gasteiger partial charge in [-0.2, -0.15) is 0 Å². The Morgan fingerprint density at radius 1 is 1.15 bits per heavy atom. The Labute approximate surface area is 196 Å². The monoisotopic (exact) mass is 468 g/mol. The lowest BCUT2D eigenvalue weighted by atomic mass is 9.92. The molecule has 0 spiro atoms. The summed E-state index contributed by atoms with van der Waals surface area (Å²) in [6, 6.07) is -1.29. The highest BCUT2D eigenvalue weighted by Crippen LogP contribution is 2.21. The van der Waals surface area contributed by atoms with Crippen LogP contribution >= 0.6 is 0 Å². The standard InChI is InChI=1S/C23H40N4O6/c1-16(2)9-13-33-23(32)26-19(22(30)31)14-25-21(29)18-4-3-12-27(15-18)20(28)6-5-17-7-10-24-11-8-17/h16-19,24H,3-15H2,1-2H3,(H,25,29)(H,26,32)(H,30,31)/t18-,19-/m1/s1. The van der Waals surface area contributed by atoms with Gasteiger partial charge in [0, 0.05) is 26.1 Å². The van der Waals surface area contributed by atoms with Crippen LogP contribution in [-0.4, -0.2) is 79.3 Å². The molecule has 10 heteroatoms. The number of carbonyl (C=O) groups is 4. The van der Waals surface area contributed by atoms with E-state index in [4.69, 9.17) is 4.74 Å². The predicted molar refractivity (Wildman–Crippen MR) is 123 cm³/mol. The summed E-state index contributed by atoms with van der Waals surface area (Å²) in [4.78, 5) is 50.3. The lowest BCUT2D eigenvalue weighted by molar-refractivity contribution is -0.139.